The zero-order valence-electron chi connectivity index (χ0n) is 14.9. The van der Waals surface area contributed by atoms with Crippen molar-refractivity contribution in [1.82, 2.24) is 4.31 Å². The fourth-order valence-corrected chi connectivity index (χ4v) is 3.66. The summed E-state index contributed by atoms with van der Waals surface area (Å²) >= 11 is 0. The van der Waals surface area contributed by atoms with E-state index in [-0.39, 0.29) is 23.0 Å². The van der Waals surface area contributed by atoms with Crippen LogP contribution in [0.15, 0.2) is 47.4 Å². The summed E-state index contributed by atoms with van der Waals surface area (Å²) in [5.41, 5.74) is 0. The molecule has 2 aromatic rings. The quantitative estimate of drug-likeness (QED) is 0.623. The maximum atomic E-state index is 12.8. The highest BCUT2D eigenvalue weighted by atomic mass is 32.2. The van der Waals surface area contributed by atoms with E-state index < -0.39 is 10.0 Å². The van der Waals surface area contributed by atoms with E-state index in [0.29, 0.717) is 24.5 Å². The summed E-state index contributed by atoms with van der Waals surface area (Å²) in [6.45, 7) is 0.560. The van der Waals surface area contributed by atoms with Gasteiger partial charge in [-0.3, -0.25) is 0 Å². The van der Waals surface area contributed by atoms with Gasteiger partial charge in [-0.15, -0.1) is 0 Å². The topological polar surface area (TPSA) is 65.1 Å². The standard InChI is InChI=1S/C18H22FNO5S/c1-20(11-4-12-25-15-7-5-14(19)6-8-15)26(21,22)18-13-16(23-2)9-10-17(18)24-3/h5-10,13H,4,11-12H2,1-3H3. The van der Waals surface area contributed by atoms with Crippen LogP contribution < -0.4 is 14.2 Å². The minimum absolute atomic E-state index is 0.0429. The molecule has 26 heavy (non-hydrogen) atoms. The van der Waals surface area contributed by atoms with Gasteiger partial charge in [0, 0.05) is 19.7 Å². The van der Waals surface area contributed by atoms with Crippen LogP contribution in [0.2, 0.25) is 0 Å². The van der Waals surface area contributed by atoms with Crippen molar-refractivity contribution in [2.24, 2.45) is 0 Å². The number of sulfonamides is 1. The molecule has 0 amide bonds. The van der Waals surface area contributed by atoms with Crippen molar-refractivity contribution in [1.29, 1.82) is 0 Å². The van der Waals surface area contributed by atoms with Gasteiger partial charge in [0.15, 0.2) is 0 Å². The van der Waals surface area contributed by atoms with Crippen LogP contribution in [0, 0.1) is 5.82 Å². The Bertz CT molecular complexity index is 824. The molecule has 6 nitrogen and oxygen atoms in total. The average molecular weight is 383 g/mol. The van der Waals surface area contributed by atoms with Gasteiger partial charge in [0.1, 0.15) is 28.0 Å². The SMILES string of the molecule is COc1ccc(OC)c(S(=O)(=O)N(C)CCCOc2ccc(F)cc2)c1. The molecule has 0 bridgehead atoms. The van der Waals surface area contributed by atoms with Crippen molar-refractivity contribution in [2.75, 3.05) is 34.4 Å². The molecule has 0 saturated heterocycles. The Labute approximate surface area is 153 Å². The molecular weight excluding hydrogens is 361 g/mol. The molecule has 0 unspecified atom stereocenters. The van der Waals surface area contributed by atoms with Crippen LogP contribution >= 0.6 is 0 Å². The average Bonchev–Trinajstić information content (AvgIpc) is 2.65. The van der Waals surface area contributed by atoms with Gasteiger partial charge in [-0.2, -0.15) is 0 Å². The molecule has 0 spiro atoms. The summed E-state index contributed by atoms with van der Waals surface area (Å²) in [5, 5.41) is 0. The zero-order valence-corrected chi connectivity index (χ0v) is 15.8. The van der Waals surface area contributed by atoms with Gasteiger partial charge in [-0.25, -0.2) is 17.1 Å². The van der Waals surface area contributed by atoms with E-state index in [4.69, 9.17) is 14.2 Å². The third-order valence-corrected chi connectivity index (χ3v) is 5.64. The first-order valence-electron chi connectivity index (χ1n) is 7.95. The van der Waals surface area contributed by atoms with Crippen LogP contribution in [-0.2, 0) is 10.0 Å². The Morgan fingerprint density at radius 1 is 1.00 bits per heavy atom. The van der Waals surface area contributed by atoms with Crippen LogP contribution in [0.3, 0.4) is 0 Å². The minimum atomic E-state index is -3.74. The van der Waals surface area contributed by atoms with E-state index in [1.165, 1.54) is 55.9 Å². The van der Waals surface area contributed by atoms with Gasteiger partial charge in [0.05, 0.1) is 20.8 Å². The van der Waals surface area contributed by atoms with Crippen LogP contribution in [0.25, 0.3) is 0 Å². The normalized spacial score (nSPS) is 11.4. The van der Waals surface area contributed by atoms with E-state index in [1.54, 1.807) is 12.1 Å². The number of rotatable bonds is 9. The molecule has 142 valence electrons. The summed E-state index contributed by atoms with van der Waals surface area (Å²) in [6.07, 6.45) is 0.472. The molecule has 0 saturated carbocycles. The van der Waals surface area contributed by atoms with Crippen molar-refractivity contribution in [3.05, 3.63) is 48.3 Å². The Balaban J connectivity index is 1.99. The maximum Gasteiger partial charge on any atom is 0.246 e. The van der Waals surface area contributed by atoms with Crippen molar-refractivity contribution in [2.45, 2.75) is 11.3 Å². The zero-order chi connectivity index (χ0) is 19.2. The molecule has 0 atom stereocenters. The highest BCUT2D eigenvalue weighted by Gasteiger charge is 2.25. The van der Waals surface area contributed by atoms with Gasteiger partial charge in [0.2, 0.25) is 10.0 Å². The van der Waals surface area contributed by atoms with E-state index in [9.17, 15) is 12.8 Å². The maximum absolute atomic E-state index is 12.8. The predicted molar refractivity (Wildman–Crippen MR) is 95.9 cm³/mol. The van der Waals surface area contributed by atoms with Gasteiger partial charge in [0.25, 0.3) is 0 Å². The van der Waals surface area contributed by atoms with E-state index in [0.717, 1.165) is 0 Å². The van der Waals surface area contributed by atoms with E-state index >= 15 is 0 Å². The number of hydrogen-bond acceptors (Lipinski definition) is 5. The lowest BCUT2D eigenvalue weighted by Gasteiger charge is -2.19. The summed E-state index contributed by atoms with van der Waals surface area (Å²) in [7, 11) is 0.631. The Morgan fingerprint density at radius 3 is 2.27 bits per heavy atom. The fourth-order valence-electron chi connectivity index (χ4n) is 2.28. The second kappa shape index (κ2) is 8.86. The first-order valence-corrected chi connectivity index (χ1v) is 9.39. The van der Waals surface area contributed by atoms with Gasteiger partial charge in [-0.1, -0.05) is 0 Å². The lowest BCUT2D eigenvalue weighted by Crippen LogP contribution is -2.29. The van der Waals surface area contributed by atoms with Gasteiger partial charge < -0.3 is 14.2 Å². The smallest absolute Gasteiger partial charge is 0.246 e. The highest BCUT2D eigenvalue weighted by Crippen LogP contribution is 2.30. The highest BCUT2D eigenvalue weighted by molar-refractivity contribution is 7.89. The largest absolute Gasteiger partial charge is 0.497 e. The molecule has 0 N–H and O–H groups in total. The molecule has 0 heterocycles. The van der Waals surface area contributed by atoms with Crippen LogP contribution in [0.5, 0.6) is 17.2 Å². The molecule has 0 aliphatic heterocycles. The number of nitrogens with zero attached hydrogens (tertiary/aromatic N) is 1. The third-order valence-electron chi connectivity index (χ3n) is 3.76. The molecule has 0 aromatic heterocycles. The molecular formula is C18H22FNO5S. The summed E-state index contributed by atoms with van der Waals surface area (Å²) in [5.74, 6) is 0.874. The Morgan fingerprint density at radius 2 is 1.65 bits per heavy atom. The Kier molecular flexibility index (Phi) is 6.82. The lowest BCUT2D eigenvalue weighted by molar-refractivity contribution is 0.296. The number of benzene rings is 2. The van der Waals surface area contributed by atoms with Crippen molar-refractivity contribution < 1.29 is 27.0 Å². The van der Waals surface area contributed by atoms with E-state index in [1.807, 2.05) is 0 Å². The van der Waals surface area contributed by atoms with E-state index in [2.05, 4.69) is 0 Å². The monoisotopic (exact) mass is 383 g/mol. The predicted octanol–water partition coefficient (Wildman–Crippen LogP) is 2.93. The number of hydrogen-bond donors (Lipinski definition) is 0. The van der Waals surface area contributed by atoms with Crippen molar-refractivity contribution >= 4 is 10.0 Å². The summed E-state index contributed by atoms with van der Waals surface area (Å²) in [4.78, 5) is 0.0429. The first-order chi connectivity index (χ1) is 12.4. The molecule has 8 heteroatoms. The molecule has 0 aliphatic rings. The van der Waals surface area contributed by atoms with Crippen LogP contribution in [-0.4, -0.2) is 47.1 Å². The third kappa shape index (κ3) is 4.86. The second-order valence-corrected chi connectivity index (χ2v) is 7.51. The minimum Gasteiger partial charge on any atom is -0.497 e. The second-order valence-electron chi connectivity index (χ2n) is 5.50. The number of ether oxygens (including phenoxy) is 3. The first kappa shape index (κ1) is 20.0. The molecule has 0 fully saturated rings. The number of methoxy groups -OCH3 is 2. The summed E-state index contributed by atoms with van der Waals surface area (Å²) < 4.78 is 55.4. The lowest BCUT2D eigenvalue weighted by atomic mass is 10.3. The molecule has 2 aromatic carbocycles. The summed E-state index contributed by atoms with van der Waals surface area (Å²) in [6, 6.07) is 10.3. The molecule has 2 rings (SSSR count). The molecule has 0 radical (unpaired) electrons. The van der Waals surface area contributed by atoms with Crippen LogP contribution in [0.1, 0.15) is 6.42 Å². The van der Waals surface area contributed by atoms with Gasteiger partial charge >= 0.3 is 0 Å². The molecule has 0 aliphatic carbocycles. The Hall–Kier alpha value is -2.32. The van der Waals surface area contributed by atoms with Crippen LogP contribution in [0.4, 0.5) is 4.39 Å². The van der Waals surface area contributed by atoms with Crippen molar-refractivity contribution in [3.63, 3.8) is 0 Å². The van der Waals surface area contributed by atoms with Gasteiger partial charge in [-0.05, 0) is 42.8 Å². The number of halogens is 1. The fraction of sp³-hybridized carbons (Fsp3) is 0.333. The van der Waals surface area contributed by atoms with Crippen molar-refractivity contribution in [3.8, 4) is 17.2 Å².